The summed E-state index contributed by atoms with van der Waals surface area (Å²) in [6.45, 7) is 10.6. The highest BCUT2D eigenvalue weighted by Gasteiger charge is 2.61. The first-order valence-corrected chi connectivity index (χ1v) is 10.2. The van der Waals surface area contributed by atoms with Crippen molar-refractivity contribution in [3.63, 3.8) is 0 Å². The van der Waals surface area contributed by atoms with Crippen molar-refractivity contribution in [1.29, 1.82) is 0 Å². The zero-order chi connectivity index (χ0) is 20.7. The van der Waals surface area contributed by atoms with E-state index in [4.69, 9.17) is 4.74 Å². The molecule has 2 aliphatic rings. The van der Waals surface area contributed by atoms with E-state index in [9.17, 15) is 14.4 Å². The van der Waals surface area contributed by atoms with E-state index < -0.39 is 17.6 Å². The van der Waals surface area contributed by atoms with Gasteiger partial charge in [0.1, 0.15) is 11.6 Å². The third-order valence-electron chi connectivity index (χ3n) is 5.60. The Bertz CT molecular complexity index is 621. The average molecular weight is 392 g/mol. The van der Waals surface area contributed by atoms with E-state index >= 15 is 0 Å². The molecule has 0 aromatic heterocycles. The Balaban J connectivity index is 1.98. The van der Waals surface area contributed by atoms with Crippen molar-refractivity contribution in [3.8, 4) is 0 Å². The van der Waals surface area contributed by atoms with Crippen LogP contribution in [0.4, 0.5) is 4.79 Å². The van der Waals surface area contributed by atoms with Crippen LogP contribution in [0.2, 0.25) is 0 Å². The predicted molar refractivity (Wildman–Crippen MR) is 108 cm³/mol. The monoisotopic (exact) mass is 391 g/mol. The lowest BCUT2D eigenvalue weighted by Crippen LogP contribution is -2.55. The molecule has 0 bridgehead atoms. The lowest BCUT2D eigenvalue weighted by molar-refractivity contribution is -0.147. The Morgan fingerprint density at radius 3 is 2.68 bits per heavy atom. The van der Waals surface area contributed by atoms with Gasteiger partial charge in [-0.05, 0) is 45.4 Å². The van der Waals surface area contributed by atoms with Crippen LogP contribution in [-0.2, 0) is 14.3 Å². The smallest absolute Gasteiger partial charge is 0.332 e. The second kappa shape index (κ2) is 9.75. The number of likely N-dealkylation sites (N-methyl/N-ethyl adjacent to an activating group) is 1. The predicted octanol–water partition coefficient (Wildman–Crippen LogP) is 2.48. The first kappa shape index (κ1) is 22.0. The Kier molecular flexibility index (Phi) is 7.66. The van der Waals surface area contributed by atoms with Crippen molar-refractivity contribution in [2.75, 3.05) is 26.7 Å². The van der Waals surface area contributed by atoms with Gasteiger partial charge in [-0.25, -0.2) is 9.59 Å². The Labute approximate surface area is 167 Å². The van der Waals surface area contributed by atoms with Gasteiger partial charge >= 0.3 is 12.0 Å². The van der Waals surface area contributed by atoms with Gasteiger partial charge < -0.3 is 19.9 Å². The molecular formula is C21H33N3O4. The van der Waals surface area contributed by atoms with Crippen molar-refractivity contribution in [2.45, 2.75) is 57.0 Å². The third kappa shape index (κ3) is 4.75. The summed E-state index contributed by atoms with van der Waals surface area (Å²) in [6.07, 6.45) is 8.25. The average Bonchev–Trinajstić information content (AvgIpc) is 3.17. The van der Waals surface area contributed by atoms with Crippen LogP contribution in [0.15, 0.2) is 25.3 Å². The van der Waals surface area contributed by atoms with Crippen LogP contribution >= 0.6 is 0 Å². The first-order chi connectivity index (χ1) is 13.4. The highest BCUT2D eigenvalue weighted by atomic mass is 16.5. The van der Waals surface area contributed by atoms with Crippen LogP contribution in [0.5, 0.6) is 0 Å². The van der Waals surface area contributed by atoms with Crippen LogP contribution in [0.1, 0.15) is 45.4 Å². The van der Waals surface area contributed by atoms with Gasteiger partial charge in [0.15, 0.2) is 0 Å². The number of ether oxygens (including phenoxy) is 1. The molecule has 0 radical (unpaired) electrons. The van der Waals surface area contributed by atoms with Crippen molar-refractivity contribution in [3.05, 3.63) is 25.3 Å². The normalized spacial score (nSPS) is 25.7. The van der Waals surface area contributed by atoms with Crippen LogP contribution in [0, 0.1) is 5.92 Å². The number of unbranched alkanes of at least 4 members (excludes halogenated alkanes) is 2. The van der Waals surface area contributed by atoms with Gasteiger partial charge in [-0.1, -0.05) is 12.2 Å². The molecule has 0 unspecified atom stereocenters. The van der Waals surface area contributed by atoms with E-state index in [1.807, 2.05) is 6.08 Å². The number of hydrogen-bond donors (Lipinski definition) is 1. The molecule has 0 spiro atoms. The van der Waals surface area contributed by atoms with Gasteiger partial charge in [0.05, 0.1) is 6.61 Å². The lowest BCUT2D eigenvalue weighted by Gasteiger charge is -2.29. The summed E-state index contributed by atoms with van der Waals surface area (Å²) in [6, 6.07) is -0.863. The molecule has 0 aromatic carbocycles. The minimum atomic E-state index is -1.04. The number of hydrogen-bond acceptors (Lipinski definition) is 4. The molecular weight excluding hydrogens is 358 g/mol. The van der Waals surface area contributed by atoms with Crippen molar-refractivity contribution in [2.24, 2.45) is 5.92 Å². The maximum absolute atomic E-state index is 12.9. The summed E-state index contributed by atoms with van der Waals surface area (Å²) < 4.78 is 5.14. The van der Waals surface area contributed by atoms with E-state index in [1.54, 1.807) is 29.8 Å². The quantitative estimate of drug-likeness (QED) is 0.353. The fourth-order valence-corrected chi connectivity index (χ4v) is 3.79. The van der Waals surface area contributed by atoms with Gasteiger partial charge in [-0.3, -0.25) is 4.79 Å². The molecule has 3 amide bonds. The summed E-state index contributed by atoms with van der Waals surface area (Å²) in [7, 11) is 1.78. The number of nitrogens with zero attached hydrogens (tertiary/aromatic N) is 2. The second-order valence-electron chi connectivity index (χ2n) is 7.56. The minimum Gasteiger partial charge on any atom is -0.464 e. The van der Waals surface area contributed by atoms with E-state index in [0.717, 1.165) is 25.7 Å². The molecule has 1 saturated heterocycles. The van der Waals surface area contributed by atoms with Crippen molar-refractivity contribution >= 4 is 17.9 Å². The summed E-state index contributed by atoms with van der Waals surface area (Å²) in [5, 5.41) is 2.84. The maximum Gasteiger partial charge on any atom is 0.332 e. The fourth-order valence-electron chi connectivity index (χ4n) is 3.79. The zero-order valence-corrected chi connectivity index (χ0v) is 17.1. The summed E-state index contributed by atoms with van der Waals surface area (Å²) >= 11 is 0. The molecule has 2 rings (SSSR count). The number of urea groups is 1. The van der Waals surface area contributed by atoms with E-state index in [1.165, 1.54) is 0 Å². The topological polar surface area (TPSA) is 79.0 Å². The largest absolute Gasteiger partial charge is 0.464 e. The Hall–Kier alpha value is -2.31. The molecule has 7 heteroatoms. The summed E-state index contributed by atoms with van der Waals surface area (Å²) in [5.74, 6) is -0.623. The van der Waals surface area contributed by atoms with E-state index in [2.05, 4.69) is 18.5 Å². The molecule has 1 N–H and O–H groups in total. The van der Waals surface area contributed by atoms with Crippen LogP contribution in [-0.4, -0.2) is 66.0 Å². The van der Waals surface area contributed by atoms with Crippen molar-refractivity contribution < 1.29 is 19.1 Å². The Morgan fingerprint density at radius 1 is 1.32 bits per heavy atom. The number of likely N-dealkylation sites (tertiary alicyclic amines) is 1. The van der Waals surface area contributed by atoms with Gasteiger partial charge in [0, 0.05) is 26.1 Å². The molecule has 1 aliphatic carbocycles. The Morgan fingerprint density at radius 2 is 2.07 bits per heavy atom. The van der Waals surface area contributed by atoms with Gasteiger partial charge in [-0.2, -0.15) is 0 Å². The van der Waals surface area contributed by atoms with Crippen molar-refractivity contribution in [1.82, 2.24) is 15.1 Å². The number of amides is 3. The second-order valence-corrected chi connectivity index (χ2v) is 7.56. The number of nitrogens with one attached hydrogen (secondary N) is 1. The fraction of sp³-hybridized carbons (Fsp3) is 0.667. The highest BCUT2D eigenvalue weighted by Crippen LogP contribution is 2.45. The lowest BCUT2D eigenvalue weighted by atomic mass is 10.1. The summed E-state index contributed by atoms with van der Waals surface area (Å²) in [5.41, 5.74) is -1.04. The standard InChI is InChI=1S/C21H33N3O4/c1-5-8-9-10-13-23(4)18(25)17-12-11-14-24(17)20(27)22-21(15-16(21)6-2)19(26)28-7-3/h5-6,16-17H,1-2,7-15H2,3-4H3,(H,22,27)/t16-,17+,21-/m1/s1. The maximum atomic E-state index is 12.9. The van der Waals surface area contributed by atoms with E-state index in [-0.39, 0.29) is 24.5 Å². The molecule has 2 fully saturated rings. The number of allylic oxidation sites excluding steroid dienone is 1. The molecule has 1 aliphatic heterocycles. The number of carbonyl (C=O) groups excluding carboxylic acids is 3. The third-order valence-corrected chi connectivity index (χ3v) is 5.60. The van der Waals surface area contributed by atoms with Gasteiger partial charge in [0.2, 0.25) is 5.91 Å². The SMILES string of the molecule is C=CCCCCN(C)C(=O)[C@@H]1CCCN1C(=O)N[C@]1(C(=O)OCC)C[C@H]1C=C. The molecule has 3 atom stereocenters. The van der Waals surface area contributed by atoms with Gasteiger partial charge in [-0.15, -0.1) is 13.2 Å². The molecule has 28 heavy (non-hydrogen) atoms. The number of carbonyl (C=O) groups is 3. The molecule has 156 valence electrons. The van der Waals surface area contributed by atoms with Crippen LogP contribution in [0.3, 0.4) is 0 Å². The minimum absolute atomic E-state index is 0.0486. The first-order valence-electron chi connectivity index (χ1n) is 10.2. The van der Waals surface area contributed by atoms with E-state index in [0.29, 0.717) is 25.9 Å². The summed E-state index contributed by atoms with van der Waals surface area (Å²) in [4.78, 5) is 41.3. The molecule has 0 aromatic rings. The van der Waals surface area contributed by atoms with Gasteiger partial charge in [0.25, 0.3) is 0 Å². The van der Waals surface area contributed by atoms with Crippen LogP contribution < -0.4 is 5.32 Å². The number of rotatable bonds is 10. The van der Waals surface area contributed by atoms with Crippen LogP contribution in [0.25, 0.3) is 0 Å². The molecule has 7 nitrogen and oxygen atoms in total. The molecule has 1 saturated carbocycles. The zero-order valence-electron chi connectivity index (χ0n) is 17.1. The number of esters is 1. The molecule has 1 heterocycles. The highest BCUT2D eigenvalue weighted by molar-refractivity contribution is 5.93.